The van der Waals surface area contributed by atoms with Crippen LogP contribution in [0.2, 0.25) is 0 Å². The molecule has 1 aliphatic carbocycles. The molecule has 2 N–H and O–H groups in total. The van der Waals surface area contributed by atoms with E-state index in [1.165, 1.54) is 12.8 Å². The molecule has 1 saturated carbocycles. The lowest BCUT2D eigenvalue weighted by Crippen LogP contribution is -2.05. The fourth-order valence-corrected chi connectivity index (χ4v) is 2.65. The minimum atomic E-state index is 0.151. The first-order valence-electron chi connectivity index (χ1n) is 8.07. The molecule has 0 bridgehead atoms. The molecule has 0 radical (unpaired) electrons. The van der Waals surface area contributed by atoms with Crippen LogP contribution >= 0.6 is 0 Å². The summed E-state index contributed by atoms with van der Waals surface area (Å²) in [5.74, 6) is 1.77. The lowest BCUT2D eigenvalue weighted by Gasteiger charge is -2.09. The van der Waals surface area contributed by atoms with Crippen molar-refractivity contribution in [2.24, 2.45) is 0 Å². The SMILES string of the molecule is CC(C)Oc1ccc2[nH]nc(-c3ccnc(NC4CC4)c3)c2c1. The van der Waals surface area contributed by atoms with E-state index in [1.807, 2.05) is 44.3 Å². The first-order valence-corrected chi connectivity index (χ1v) is 8.07. The largest absolute Gasteiger partial charge is 0.491 e. The summed E-state index contributed by atoms with van der Waals surface area (Å²) in [6.07, 6.45) is 4.44. The molecule has 2 aromatic heterocycles. The summed E-state index contributed by atoms with van der Waals surface area (Å²) < 4.78 is 5.80. The van der Waals surface area contributed by atoms with E-state index in [1.54, 1.807) is 0 Å². The van der Waals surface area contributed by atoms with Crippen molar-refractivity contribution in [1.29, 1.82) is 0 Å². The number of nitrogens with zero attached hydrogens (tertiary/aromatic N) is 2. The number of benzene rings is 1. The maximum absolute atomic E-state index is 5.80. The van der Waals surface area contributed by atoms with Gasteiger partial charge in [0, 0.05) is 23.2 Å². The lowest BCUT2D eigenvalue weighted by atomic mass is 10.1. The minimum Gasteiger partial charge on any atom is -0.491 e. The van der Waals surface area contributed by atoms with Crippen molar-refractivity contribution >= 4 is 16.7 Å². The highest BCUT2D eigenvalue weighted by molar-refractivity contribution is 5.94. The number of hydrogen-bond acceptors (Lipinski definition) is 4. The molecule has 118 valence electrons. The number of ether oxygens (including phenoxy) is 1. The molecule has 5 nitrogen and oxygen atoms in total. The maximum Gasteiger partial charge on any atom is 0.126 e. The molecule has 23 heavy (non-hydrogen) atoms. The van der Waals surface area contributed by atoms with E-state index in [0.717, 1.165) is 33.7 Å². The molecule has 0 spiro atoms. The third-order valence-electron chi connectivity index (χ3n) is 3.87. The molecule has 0 unspecified atom stereocenters. The summed E-state index contributed by atoms with van der Waals surface area (Å²) >= 11 is 0. The summed E-state index contributed by atoms with van der Waals surface area (Å²) in [6, 6.07) is 10.7. The Kier molecular flexibility index (Phi) is 3.41. The van der Waals surface area contributed by atoms with Crippen LogP contribution in [0.1, 0.15) is 26.7 Å². The minimum absolute atomic E-state index is 0.151. The first kappa shape index (κ1) is 14.1. The van der Waals surface area contributed by atoms with Crippen LogP contribution in [0.25, 0.3) is 22.2 Å². The van der Waals surface area contributed by atoms with Gasteiger partial charge in [0.15, 0.2) is 0 Å². The molecular formula is C18H20N4O. The van der Waals surface area contributed by atoms with Gasteiger partial charge in [-0.2, -0.15) is 5.10 Å². The molecule has 1 aromatic carbocycles. The first-order chi connectivity index (χ1) is 11.2. The summed E-state index contributed by atoms with van der Waals surface area (Å²) in [5, 5.41) is 12.1. The highest BCUT2D eigenvalue weighted by Gasteiger charge is 2.21. The average Bonchev–Trinajstić information content (AvgIpc) is 3.24. The van der Waals surface area contributed by atoms with E-state index < -0.39 is 0 Å². The molecule has 0 atom stereocenters. The lowest BCUT2D eigenvalue weighted by molar-refractivity contribution is 0.243. The van der Waals surface area contributed by atoms with Gasteiger partial charge < -0.3 is 10.1 Å². The Labute approximate surface area is 135 Å². The quantitative estimate of drug-likeness (QED) is 0.748. The Morgan fingerprint density at radius 1 is 1.22 bits per heavy atom. The molecule has 0 aliphatic heterocycles. The molecule has 4 rings (SSSR count). The van der Waals surface area contributed by atoms with Crippen LogP contribution in [-0.4, -0.2) is 27.3 Å². The molecule has 5 heteroatoms. The van der Waals surface area contributed by atoms with Crippen molar-refractivity contribution < 1.29 is 4.74 Å². The van der Waals surface area contributed by atoms with Crippen molar-refractivity contribution in [3.63, 3.8) is 0 Å². The van der Waals surface area contributed by atoms with E-state index in [9.17, 15) is 0 Å². The normalized spacial score (nSPS) is 14.4. The predicted molar refractivity (Wildman–Crippen MR) is 91.7 cm³/mol. The van der Waals surface area contributed by atoms with E-state index in [4.69, 9.17) is 4.74 Å². The van der Waals surface area contributed by atoms with Gasteiger partial charge in [0.25, 0.3) is 0 Å². The van der Waals surface area contributed by atoms with Crippen molar-refractivity contribution in [2.45, 2.75) is 38.8 Å². The summed E-state index contributed by atoms with van der Waals surface area (Å²) in [5.41, 5.74) is 2.98. The van der Waals surface area contributed by atoms with Gasteiger partial charge in [0.05, 0.1) is 11.6 Å². The standard InChI is InChI=1S/C18H20N4O/c1-11(2)23-14-5-6-16-15(10-14)18(22-21-16)12-7-8-19-17(9-12)20-13-3-4-13/h5-11,13H,3-4H2,1-2H3,(H,19,20)(H,21,22). The van der Waals surface area contributed by atoms with Crippen LogP contribution in [0.5, 0.6) is 5.75 Å². The number of aromatic amines is 1. The second-order valence-corrected chi connectivity index (χ2v) is 6.29. The van der Waals surface area contributed by atoms with Crippen LogP contribution in [0, 0.1) is 0 Å². The Morgan fingerprint density at radius 3 is 2.87 bits per heavy atom. The van der Waals surface area contributed by atoms with Gasteiger partial charge in [-0.1, -0.05) is 0 Å². The number of pyridine rings is 1. The van der Waals surface area contributed by atoms with Gasteiger partial charge in [-0.25, -0.2) is 4.98 Å². The molecule has 3 aromatic rings. The van der Waals surface area contributed by atoms with Gasteiger partial charge in [-0.3, -0.25) is 5.10 Å². The Balaban J connectivity index is 1.72. The van der Waals surface area contributed by atoms with Crippen molar-refractivity contribution in [2.75, 3.05) is 5.32 Å². The van der Waals surface area contributed by atoms with E-state index in [0.29, 0.717) is 6.04 Å². The third kappa shape index (κ3) is 2.99. The molecular weight excluding hydrogens is 288 g/mol. The van der Waals surface area contributed by atoms with Crippen LogP contribution in [-0.2, 0) is 0 Å². The number of hydrogen-bond donors (Lipinski definition) is 2. The predicted octanol–water partition coefficient (Wildman–Crippen LogP) is 3.99. The second kappa shape index (κ2) is 5.57. The van der Waals surface area contributed by atoms with Crippen molar-refractivity contribution in [3.8, 4) is 17.0 Å². The maximum atomic E-state index is 5.80. The fourth-order valence-electron chi connectivity index (χ4n) is 2.65. The van der Waals surface area contributed by atoms with Gasteiger partial charge in [0.2, 0.25) is 0 Å². The van der Waals surface area contributed by atoms with Crippen LogP contribution in [0.3, 0.4) is 0 Å². The van der Waals surface area contributed by atoms with Gasteiger partial charge in [0.1, 0.15) is 17.3 Å². The molecule has 2 heterocycles. The zero-order valence-corrected chi connectivity index (χ0v) is 13.3. The van der Waals surface area contributed by atoms with E-state index in [-0.39, 0.29) is 6.10 Å². The second-order valence-electron chi connectivity index (χ2n) is 6.29. The number of nitrogens with one attached hydrogen (secondary N) is 2. The monoisotopic (exact) mass is 308 g/mol. The topological polar surface area (TPSA) is 62.8 Å². The fraction of sp³-hybridized carbons (Fsp3) is 0.333. The highest BCUT2D eigenvalue weighted by Crippen LogP contribution is 2.31. The number of H-pyrrole nitrogens is 1. The van der Waals surface area contributed by atoms with Gasteiger partial charge >= 0.3 is 0 Å². The molecule has 1 fully saturated rings. The number of anilines is 1. The van der Waals surface area contributed by atoms with Gasteiger partial charge in [-0.15, -0.1) is 0 Å². The number of rotatable bonds is 5. The summed E-state index contributed by atoms with van der Waals surface area (Å²) in [6.45, 7) is 4.05. The van der Waals surface area contributed by atoms with Crippen LogP contribution < -0.4 is 10.1 Å². The highest BCUT2D eigenvalue weighted by atomic mass is 16.5. The Morgan fingerprint density at radius 2 is 2.09 bits per heavy atom. The third-order valence-corrected chi connectivity index (χ3v) is 3.87. The summed E-state index contributed by atoms with van der Waals surface area (Å²) in [7, 11) is 0. The van der Waals surface area contributed by atoms with Crippen molar-refractivity contribution in [3.05, 3.63) is 36.5 Å². The van der Waals surface area contributed by atoms with E-state index in [2.05, 4.69) is 26.6 Å². The van der Waals surface area contributed by atoms with Crippen LogP contribution in [0.4, 0.5) is 5.82 Å². The number of aromatic nitrogens is 3. The molecule has 0 amide bonds. The Hall–Kier alpha value is -2.56. The summed E-state index contributed by atoms with van der Waals surface area (Å²) in [4.78, 5) is 4.39. The molecule has 0 saturated heterocycles. The van der Waals surface area contributed by atoms with Gasteiger partial charge in [-0.05, 0) is 57.0 Å². The molecule has 1 aliphatic rings. The number of fused-ring (bicyclic) bond motifs is 1. The Bertz CT molecular complexity index is 836. The zero-order chi connectivity index (χ0) is 15.8. The smallest absolute Gasteiger partial charge is 0.126 e. The van der Waals surface area contributed by atoms with Crippen molar-refractivity contribution in [1.82, 2.24) is 15.2 Å². The van der Waals surface area contributed by atoms with E-state index >= 15 is 0 Å². The average molecular weight is 308 g/mol. The van der Waals surface area contributed by atoms with Crippen LogP contribution in [0.15, 0.2) is 36.5 Å². The zero-order valence-electron chi connectivity index (χ0n) is 13.3.